The average molecular weight is 692 g/mol. The van der Waals surface area contributed by atoms with Crippen LogP contribution in [0.1, 0.15) is 131 Å². The molecule has 8 heteroatoms. The van der Waals surface area contributed by atoms with Crippen molar-refractivity contribution in [2.75, 3.05) is 6.54 Å². The molecule has 2 N–H and O–H groups in total. The zero-order chi connectivity index (χ0) is 35.6. The van der Waals surface area contributed by atoms with Gasteiger partial charge in [0.2, 0.25) is 5.79 Å². The van der Waals surface area contributed by atoms with Crippen LogP contribution >= 0.6 is 0 Å². The Kier molecular flexibility index (Phi) is 9.71. The Morgan fingerprint density at radius 3 is 2.48 bits per heavy atom. The van der Waals surface area contributed by atoms with Gasteiger partial charge in [0.25, 0.3) is 0 Å². The third-order valence-corrected chi connectivity index (χ3v) is 14.0. The number of aliphatic hydroxyl groups is 2. The van der Waals surface area contributed by atoms with Crippen LogP contribution in [-0.4, -0.2) is 70.0 Å². The number of cyclic esters (lactones) is 1. The molecule has 50 heavy (non-hydrogen) atoms. The largest absolute Gasteiger partial charge is 0.450 e. The van der Waals surface area contributed by atoms with E-state index >= 15 is 0 Å². The van der Waals surface area contributed by atoms with E-state index < -0.39 is 23.3 Å². The van der Waals surface area contributed by atoms with Crippen LogP contribution in [0.25, 0.3) is 0 Å². The second-order valence-corrected chi connectivity index (χ2v) is 17.6. The Morgan fingerprint density at radius 1 is 0.940 bits per heavy atom. The number of aliphatic hydroxyl groups excluding tert-OH is 1. The van der Waals surface area contributed by atoms with Gasteiger partial charge in [0.05, 0.1) is 18.3 Å². The van der Waals surface area contributed by atoms with Crippen LogP contribution in [0.2, 0.25) is 0 Å². The van der Waals surface area contributed by atoms with Crippen molar-refractivity contribution in [3.05, 3.63) is 46.6 Å². The fourth-order valence-corrected chi connectivity index (χ4v) is 10.6. The topological polar surface area (TPSA) is 107 Å². The van der Waals surface area contributed by atoms with Crippen LogP contribution < -0.4 is 0 Å². The molecular weight excluding hydrogens is 630 g/mol. The van der Waals surface area contributed by atoms with Crippen molar-refractivity contribution in [2.45, 2.75) is 173 Å². The van der Waals surface area contributed by atoms with E-state index in [0.29, 0.717) is 43.9 Å². The molecule has 8 nitrogen and oxygen atoms in total. The van der Waals surface area contributed by atoms with Crippen LogP contribution in [-0.2, 0) is 23.7 Å². The molecule has 276 valence electrons. The number of rotatable bonds is 1. The zero-order valence-corrected chi connectivity index (χ0v) is 31.4. The minimum atomic E-state index is -1.11. The Balaban J connectivity index is 1.27. The molecule has 7 rings (SSSR count). The summed E-state index contributed by atoms with van der Waals surface area (Å²) in [6.07, 6.45) is 13.6. The molecule has 3 spiro atoms. The minimum absolute atomic E-state index is 0.0218. The number of esters is 1. The van der Waals surface area contributed by atoms with Gasteiger partial charge in [-0.1, -0.05) is 37.6 Å². The number of carbonyl (C=O) groups is 1. The summed E-state index contributed by atoms with van der Waals surface area (Å²) < 4.78 is 26.1. The standard InChI is InChI=1S/C42H61NO7/c1-25-9-8-10-36-40(23-28(4)29(5)24-43-36)15-13-33(38-27(3)21-37(45)47-38)30(6)34(40)20-26(2)35(44)22-32-12-16-41(48-32)17-18-42(50-41)39(7,46)14-11-31(19-25)49-42/h20-21,28-29,31-32,34-35,38,44,46H,1,8-19,22-24H2,2-7H3/b26-20+/t28-,29+,31-,32-,34-,35-,38+,39+,40-,41-,42-/m1/s1. The van der Waals surface area contributed by atoms with Gasteiger partial charge in [0.1, 0.15) is 11.7 Å². The summed E-state index contributed by atoms with van der Waals surface area (Å²) in [7, 11) is 0. The molecule has 11 atom stereocenters. The van der Waals surface area contributed by atoms with E-state index in [1.165, 1.54) is 22.4 Å². The fraction of sp³-hybridized carbons (Fsp3) is 0.762. The van der Waals surface area contributed by atoms with E-state index in [0.717, 1.165) is 75.5 Å². The van der Waals surface area contributed by atoms with Gasteiger partial charge in [0.15, 0.2) is 5.79 Å². The molecule has 3 fully saturated rings. The number of allylic oxidation sites excluding steroid dienone is 2. The van der Waals surface area contributed by atoms with Crippen molar-refractivity contribution in [2.24, 2.45) is 28.2 Å². The summed E-state index contributed by atoms with van der Waals surface area (Å²) in [4.78, 5) is 17.8. The highest BCUT2D eigenvalue weighted by atomic mass is 16.8. The van der Waals surface area contributed by atoms with E-state index in [4.69, 9.17) is 23.9 Å². The first kappa shape index (κ1) is 36.3. The minimum Gasteiger partial charge on any atom is -0.450 e. The van der Waals surface area contributed by atoms with Crippen LogP contribution in [0.5, 0.6) is 0 Å². The number of nitrogens with zero attached hydrogens (tertiary/aromatic N) is 1. The summed E-state index contributed by atoms with van der Waals surface area (Å²) >= 11 is 0. The van der Waals surface area contributed by atoms with Gasteiger partial charge in [-0.3, -0.25) is 4.99 Å². The van der Waals surface area contributed by atoms with E-state index in [1.807, 2.05) is 13.8 Å². The highest BCUT2D eigenvalue weighted by Gasteiger charge is 2.64. The number of hydrogen-bond donors (Lipinski definition) is 2. The van der Waals surface area contributed by atoms with Crippen molar-refractivity contribution in [1.29, 1.82) is 0 Å². The highest BCUT2D eigenvalue weighted by molar-refractivity contribution is 5.92. The first-order valence-corrected chi connectivity index (χ1v) is 19.6. The van der Waals surface area contributed by atoms with Gasteiger partial charge in [-0.25, -0.2) is 4.79 Å². The Labute approximate surface area is 299 Å². The SMILES string of the molecule is C=C1CCCC2=NC[C@H](C)[C@H](C)C[C@@]23CCC([C@H]2OC(=O)C=C2C)=C(C)[C@H]3/C=C(\C)[C@H](O)C[C@H]2CC[C@@]3(CC[C@@]4(O[C@H](CC[C@]4(C)O)C1)O3)O2. The molecule has 3 saturated heterocycles. The number of hydrogen-bond acceptors (Lipinski definition) is 8. The molecule has 4 bridgehead atoms. The smallest absolute Gasteiger partial charge is 0.331 e. The monoisotopic (exact) mass is 691 g/mol. The summed E-state index contributed by atoms with van der Waals surface area (Å²) in [5.74, 6) is -1.19. The molecule has 0 aromatic rings. The van der Waals surface area contributed by atoms with E-state index in [2.05, 4.69) is 40.3 Å². The molecule has 1 aliphatic carbocycles. The molecule has 0 radical (unpaired) electrons. The summed E-state index contributed by atoms with van der Waals surface area (Å²) in [6.45, 7) is 18.2. The van der Waals surface area contributed by atoms with E-state index in [1.54, 1.807) is 6.08 Å². The Morgan fingerprint density at radius 2 is 1.72 bits per heavy atom. The maximum Gasteiger partial charge on any atom is 0.331 e. The third kappa shape index (κ3) is 6.44. The van der Waals surface area contributed by atoms with Crippen LogP contribution in [0.3, 0.4) is 0 Å². The van der Waals surface area contributed by atoms with Crippen molar-refractivity contribution >= 4 is 11.7 Å². The van der Waals surface area contributed by atoms with Crippen LogP contribution in [0, 0.1) is 23.2 Å². The molecule has 6 aliphatic heterocycles. The normalized spacial score (nSPS) is 47.0. The summed E-state index contributed by atoms with van der Waals surface area (Å²) in [5, 5.41) is 23.4. The quantitative estimate of drug-likeness (QED) is 0.213. The lowest BCUT2D eigenvalue weighted by molar-refractivity contribution is -0.387. The van der Waals surface area contributed by atoms with E-state index in [-0.39, 0.29) is 35.6 Å². The lowest BCUT2D eigenvalue weighted by Gasteiger charge is -2.49. The number of carbonyl (C=O) groups excluding carboxylic acids is 1. The maximum atomic E-state index is 12.4. The summed E-state index contributed by atoms with van der Waals surface area (Å²) in [5.41, 5.74) is 5.52. The van der Waals surface area contributed by atoms with Gasteiger partial charge in [-0.2, -0.15) is 0 Å². The van der Waals surface area contributed by atoms with Crippen molar-refractivity contribution in [1.82, 2.24) is 0 Å². The fourth-order valence-electron chi connectivity index (χ4n) is 10.6. The van der Waals surface area contributed by atoms with Crippen molar-refractivity contribution in [3.8, 4) is 0 Å². The van der Waals surface area contributed by atoms with E-state index in [9.17, 15) is 15.0 Å². The van der Waals surface area contributed by atoms with Crippen LogP contribution in [0.15, 0.2) is 51.6 Å². The lowest BCUT2D eigenvalue weighted by Crippen LogP contribution is -2.60. The van der Waals surface area contributed by atoms with Gasteiger partial charge in [-0.05, 0) is 120 Å². The second-order valence-electron chi connectivity index (χ2n) is 17.6. The maximum absolute atomic E-state index is 12.4. The Bertz CT molecular complexity index is 1510. The highest BCUT2D eigenvalue weighted by Crippen LogP contribution is 2.56. The Hall–Kier alpha value is -2.10. The molecule has 0 saturated carbocycles. The van der Waals surface area contributed by atoms with Gasteiger partial charge >= 0.3 is 5.97 Å². The van der Waals surface area contributed by atoms with Gasteiger partial charge < -0.3 is 29.2 Å². The van der Waals surface area contributed by atoms with Gasteiger partial charge in [0, 0.05) is 55.3 Å². The van der Waals surface area contributed by atoms with Gasteiger partial charge in [-0.15, -0.1) is 0 Å². The molecule has 6 heterocycles. The number of ether oxygens (including phenoxy) is 4. The molecule has 0 aromatic heterocycles. The predicted octanol–water partition coefficient (Wildman–Crippen LogP) is 7.83. The zero-order valence-electron chi connectivity index (χ0n) is 31.4. The second kappa shape index (κ2) is 13.4. The first-order chi connectivity index (χ1) is 23.6. The third-order valence-electron chi connectivity index (χ3n) is 14.0. The molecule has 0 unspecified atom stereocenters. The first-order valence-electron chi connectivity index (χ1n) is 19.6. The molecule has 0 aromatic carbocycles. The number of fused-ring (bicyclic) bond motifs is 2. The predicted molar refractivity (Wildman–Crippen MR) is 193 cm³/mol. The van der Waals surface area contributed by atoms with Crippen LogP contribution in [0.4, 0.5) is 0 Å². The summed E-state index contributed by atoms with van der Waals surface area (Å²) in [6, 6.07) is 0. The molecule has 7 aliphatic rings. The van der Waals surface area contributed by atoms with Crippen molar-refractivity contribution < 1.29 is 34.0 Å². The molecular formula is C42H61NO7. The lowest BCUT2D eigenvalue weighted by atomic mass is 9.56. The number of aliphatic imine (C=N–C) groups is 1. The van der Waals surface area contributed by atoms with Crippen molar-refractivity contribution in [3.63, 3.8) is 0 Å². The average Bonchev–Trinajstić information content (AvgIpc) is 3.71. The molecule has 0 amide bonds.